The van der Waals surface area contributed by atoms with E-state index in [9.17, 15) is 4.79 Å². The maximum atomic E-state index is 11.3. The van der Waals surface area contributed by atoms with Gasteiger partial charge >= 0.3 is 0 Å². The Morgan fingerprint density at radius 3 is 2.37 bits per heavy atom. The lowest BCUT2D eigenvalue weighted by Crippen LogP contribution is -2.13. The molecule has 0 spiro atoms. The maximum Gasteiger partial charge on any atom is 0.221 e. The first kappa shape index (κ1) is 13.9. The number of carbonyl (C=O) groups excluding carboxylic acids is 1. The molecule has 2 nitrogen and oxygen atoms in total. The van der Waals surface area contributed by atoms with Crippen LogP contribution in [-0.2, 0) is 10.2 Å². The second-order valence-electron chi connectivity index (χ2n) is 5.78. The summed E-state index contributed by atoms with van der Waals surface area (Å²) in [6.07, 6.45) is 0. The fourth-order valence-electron chi connectivity index (χ4n) is 2.27. The van der Waals surface area contributed by atoms with E-state index in [1.54, 1.807) is 0 Å². The number of hydrogen-bond acceptors (Lipinski definition) is 1. The van der Waals surface area contributed by atoms with Crippen LogP contribution >= 0.6 is 11.6 Å². The van der Waals surface area contributed by atoms with E-state index in [0.717, 1.165) is 16.5 Å². The molecule has 2 aromatic rings. The van der Waals surface area contributed by atoms with Crippen molar-refractivity contribution >= 4 is 34.0 Å². The molecule has 19 heavy (non-hydrogen) atoms. The topological polar surface area (TPSA) is 29.1 Å². The molecular weight excluding hydrogens is 258 g/mol. The lowest BCUT2D eigenvalue weighted by Gasteiger charge is -2.22. The molecule has 0 fully saturated rings. The Hall–Kier alpha value is -1.54. The summed E-state index contributed by atoms with van der Waals surface area (Å²) in [4.78, 5) is 11.3. The molecule has 3 heteroatoms. The van der Waals surface area contributed by atoms with Crippen molar-refractivity contribution in [3.8, 4) is 0 Å². The van der Waals surface area contributed by atoms with E-state index in [1.165, 1.54) is 12.5 Å². The third-order valence-corrected chi connectivity index (χ3v) is 3.33. The monoisotopic (exact) mass is 275 g/mol. The molecule has 0 aliphatic rings. The van der Waals surface area contributed by atoms with E-state index in [1.807, 2.05) is 24.3 Å². The molecule has 0 saturated carbocycles. The van der Waals surface area contributed by atoms with Crippen molar-refractivity contribution < 1.29 is 4.79 Å². The zero-order valence-corrected chi connectivity index (χ0v) is 12.4. The molecular formula is C16H18ClNO. The summed E-state index contributed by atoms with van der Waals surface area (Å²) in [5.41, 5.74) is 2.09. The van der Waals surface area contributed by atoms with Gasteiger partial charge in [0, 0.05) is 23.0 Å². The number of anilines is 1. The number of rotatable bonds is 1. The summed E-state index contributed by atoms with van der Waals surface area (Å²) in [6, 6.07) is 9.82. The standard InChI is InChI=1S/C16H18ClNO/c1-10(19)18-15-8-7-14(16(2,3)4)12-6-5-11(17)9-13(12)15/h5-9H,1-4H3,(H,18,19). The Labute approximate surface area is 118 Å². The van der Waals surface area contributed by atoms with Gasteiger partial charge in [-0.15, -0.1) is 0 Å². The molecule has 0 atom stereocenters. The van der Waals surface area contributed by atoms with Gasteiger partial charge in [0.25, 0.3) is 0 Å². The van der Waals surface area contributed by atoms with Gasteiger partial charge in [0.2, 0.25) is 5.91 Å². The van der Waals surface area contributed by atoms with Gasteiger partial charge < -0.3 is 5.32 Å². The van der Waals surface area contributed by atoms with Gasteiger partial charge in [-0.2, -0.15) is 0 Å². The van der Waals surface area contributed by atoms with Crippen LogP contribution in [0.1, 0.15) is 33.3 Å². The zero-order valence-electron chi connectivity index (χ0n) is 11.7. The maximum absolute atomic E-state index is 11.3. The van der Waals surface area contributed by atoms with Gasteiger partial charge in [0.1, 0.15) is 0 Å². The molecule has 0 radical (unpaired) electrons. The lowest BCUT2D eigenvalue weighted by molar-refractivity contribution is -0.114. The normalized spacial score (nSPS) is 11.6. The fraction of sp³-hybridized carbons (Fsp3) is 0.312. The molecule has 100 valence electrons. The molecule has 0 aromatic heterocycles. The zero-order chi connectivity index (χ0) is 14.2. The molecule has 0 aliphatic carbocycles. The predicted molar refractivity (Wildman–Crippen MR) is 82.0 cm³/mol. The van der Waals surface area contributed by atoms with E-state index in [0.29, 0.717) is 5.02 Å². The van der Waals surface area contributed by atoms with E-state index < -0.39 is 0 Å². The van der Waals surface area contributed by atoms with E-state index in [-0.39, 0.29) is 11.3 Å². The first-order valence-electron chi connectivity index (χ1n) is 6.29. The summed E-state index contributed by atoms with van der Waals surface area (Å²) in [7, 11) is 0. The highest BCUT2D eigenvalue weighted by Gasteiger charge is 2.18. The van der Waals surface area contributed by atoms with Crippen LogP contribution in [0.4, 0.5) is 5.69 Å². The van der Waals surface area contributed by atoms with Gasteiger partial charge in [-0.3, -0.25) is 4.79 Å². The first-order valence-corrected chi connectivity index (χ1v) is 6.67. The van der Waals surface area contributed by atoms with Crippen molar-refractivity contribution in [3.05, 3.63) is 40.9 Å². The van der Waals surface area contributed by atoms with Crippen LogP contribution < -0.4 is 5.32 Å². The highest BCUT2D eigenvalue weighted by Crippen LogP contribution is 2.35. The Morgan fingerprint density at radius 2 is 1.79 bits per heavy atom. The average Bonchev–Trinajstić information content (AvgIpc) is 2.27. The minimum Gasteiger partial charge on any atom is -0.326 e. The highest BCUT2D eigenvalue weighted by molar-refractivity contribution is 6.31. The summed E-state index contributed by atoms with van der Waals surface area (Å²) >= 11 is 6.08. The molecule has 1 amide bonds. The van der Waals surface area contributed by atoms with Crippen LogP contribution in [0, 0.1) is 0 Å². The van der Waals surface area contributed by atoms with Gasteiger partial charge in [-0.1, -0.05) is 44.5 Å². The van der Waals surface area contributed by atoms with Crippen molar-refractivity contribution in [2.24, 2.45) is 0 Å². The number of hydrogen-bond donors (Lipinski definition) is 1. The number of amides is 1. The number of carbonyl (C=O) groups is 1. The third-order valence-electron chi connectivity index (χ3n) is 3.10. The van der Waals surface area contributed by atoms with Gasteiger partial charge in [-0.05, 0) is 34.6 Å². The molecule has 0 heterocycles. The SMILES string of the molecule is CC(=O)Nc1ccc(C(C)(C)C)c2ccc(Cl)cc12. The Kier molecular flexibility index (Phi) is 3.55. The largest absolute Gasteiger partial charge is 0.326 e. The van der Waals surface area contributed by atoms with Crippen LogP contribution in [0.2, 0.25) is 5.02 Å². The van der Waals surface area contributed by atoms with Crippen molar-refractivity contribution in [2.75, 3.05) is 5.32 Å². The van der Waals surface area contributed by atoms with Crippen molar-refractivity contribution in [1.29, 1.82) is 0 Å². The molecule has 2 aromatic carbocycles. The summed E-state index contributed by atoms with van der Waals surface area (Å²) in [5.74, 6) is -0.0789. The summed E-state index contributed by atoms with van der Waals surface area (Å²) in [5, 5.41) is 5.64. The van der Waals surface area contributed by atoms with Crippen molar-refractivity contribution in [1.82, 2.24) is 0 Å². The average molecular weight is 276 g/mol. The Morgan fingerprint density at radius 1 is 1.11 bits per heavy atom. The van der Waals surface area contributed by atoms with Crippen LogP contribution in [0.15, 0.2) is 30.3 Å². The molecule has 2 rings (SSSR count). The van der Waals surface area contributed by atoms with Crippen LogP contribution in [-0.4, -0.2) is 5.91 Å². The van der Waals surface area contributed by atoms with E-state index >= 15 is 0 Å². The Balaban J connectivity index is 2.75. The second-order valence-corrected chi connectivity index (χ2v) is 6.22. The highest BCUT2D eigenvalue weighted by atomic mass is 35.5. The summed E-state index contributed by atoms with van der Waals surface area (Å²) in [6.45, 7) is 8.03. The fourth-order valence-corrected chi connectivity index (χ4v) is 2.45. The van der Waals surface area contributed by atoms with Crippen molar-refractivity contribution in [3.63, 3.8) is 0 Å². The van der Waals surface area contributed by atoms with Crippen LogP contribution in [0.3, 0.4) is 0 Å². The van der Waals surface area contributed by atoms with Crippen molar-refractivity contribution in [2.45, 2.75) is 33.1 Å². The predicted octanol–water partition coefficient (Wildman–Crippen LogP) is 4.75. The molecule has 1 N–H and O–H groups in total. The minimum atomic E-state index is -0.0789. The van der Waals surface area contributed by atoms with Gasteiger partial charge in [0.15, 0.2) is 0 Å². The van der Waals surface area contributed by atoms with Crippen LogP contribution in [0.25, 0.3) is 10.8 Å². The molecule has 0 bridgehead atoms. The number of fused-ring (bicyclic) bond motifs is 1. The molecule has 0 saturated heterocycles. The quantitative estimate of drug-likeness (QED) is 0.799. The Bertz CT molecular complexity index is 641. The molecule has 0 aliphatic heterocycles. The van der Waals surface area contributed by atoms with E-state index in [4.69, 9.17) is 11.6 Å². The van der Waals surface area contributed by atoms with Gasteiger partial charge in [-0.25, -0.2) is 0 Å². The smallest absolute Gasteiger partial charge is 0.221 e. The number of nitrogens with one attached hydrogen (secondary N) is 1. The molecule has 0 unspecified atom stereocenters. The number of halogens is 1. The summed E-state index contributed by atoms with van der Waals surface area (Å²) < 4.78 is 0. The minimum absolute atomic E-state index is 0.0425. The van der Waals surface area contributed by atoms with Gasteiger partial charge in [0.05, 0.1) is 0 Å². The third kappa shape index (κ3) is 2.90. The second kappa shape index (κ2) is 4.86. The number of benzene rings is 2. The lowest BCUT2D eigenvalue weighted by atomic mass is 9.83. The van der Waals surface area contributed by atoms with E-state index in [2.05, 4.69) is 32.2 Å². The van der Waals surface area contributed by atoms with Crippen LogP contribution in [0.5, 0.6) is 0 Å². The first-order chi connectivity index (χ1) is 8.79.